The zero-order valence-electron chi connectivity index (χ0n) is 12.5. The highest BCUT2D eigenvalue weighted by Crippen LogP contribution is 2.24. The lowest BCUT2D eigenvalue weighted by Gasteiger charge is -2.11. The molecule has 0 fully saturated rings. The van der Waals surface area contributed by atoms with E-state index in [0.29, 0.717) is 4.47 Å². The molecule has 0 bridgehead atoms. The molecule has 0 heterocycles. The Kier molecular flexibility index (Phi) is 5.73. The first-order chi connectivity index (χ1) is 11.6. The Morgan fingerprint density at radius 3 is 2.40 bits per heavy atom. The van der Waals surface area contributed by atoms with Gasteiger partial charge in [0, 0.05) is 10.0 Å². The van der Waals surface area contributed by atoms with E-state index < -0.39 is 28.7 Å². The SMILES string of the molecule is O=C(NCC(F)(F)F)c1cccc(S(=O)(=O)Nc2ccccc2Br)c1. The second kappa shape index (κ2) is 7.44. The average Bonchev–Trinajstić information content (AvgIpc) is 2.54. The smallest absolute Gasteiger partial charge is 0.343 e. The first-order valence-electron chi connectivity index (χ1n) is 6.81. The van der Waals surface area contributed by atoms with Crippen LogP contribution in [0.4, 0.5) is 18.9 Å². The van der Waals surface area contributed by atoms with Crippen molar-refractivity contribution < 1.29 is 26.4 Å². The maximum absolute atomic E-state index is 12.4. The Morgan fingerprint density at radius 1 is 1.08 bits per heavy atom. The van der Waals surface area contributed by atoms with Crippen LogP contribution in [0.2, 0.25) is 0 Å². The van der Waals surface area contributed by atoms with Gasteiger partial charge in [0.05, 0.1) is 10.6 Å². The molecule has 2 aromatic rings. The minimum absolute atomic E-state index is 0.195. The van der Waals surface area contributed by atoms with Crippen molar-refractivity contribution in [1.29, 1.82) is 0 Å². The molecule has 0 saturated carbocycles. The first kappa shape index (κ1) is 19.3. The standard InChI is InChI=1S/C15H12BrF3N2O3S/c16-12-6-1-2-7-13(12)21-25(23,24)11-5-3-4-10(8-11)14(22)20-9-15(17,18)19/h1-8,21H,9H2,(H,20,22). The maximum Gasteiger partial charge on any atom is 0.405 e. The number of anilines is 1. The number of nitrogens with one attached hydrogen (secondary N) is 2. The van der Waals surface area contributed by atoms with Crippen LogP contribution in [0.1, 0.15) is 10.4 Å². The molecule has 10 heteroatoms. The third kappa shape index (κ3) is 5.46. The number of carbonyl (C=O) groups excluding carboxylic acids is 1. The molecule has 1 amide bonds. The van der Waals surface area contributed by atoms with Gasteiger partial charge in [0.1, 0.15) is 6.54 Å². The summed E-state index contributed by atoms with van der Waals surface area (Å²) in [4.78, 5) is 11.5. The number of benzene rings is 2. The van der Waals surface area contributed by atoms with Gasteiger partial charge in [-0.05, 0) is 46.3 Å². The molecule has 25 heavy (non-hydrogen) atoms. The second-order valence-corrected chi connectivity index (χ2v) is 7.45. The number of alkyl halides is 3. The van der Waals surface area contributed by atoms with E-state index in [1.165, 1.54) is 24.3 Å². The summed E-state index contributed by atoms with van der Waals surface area (Å²) >= 11 is 3.20. The van der Waals surface area contributed by atoms with Gasteiger partial charge in [-0.25, -0.2) is 8.42 Å². The predicted molar refractivity (Wildman–Crippen MR) is 89.8 cm³/mol. The van der Waals surface area contributed by atoms with Crippen LogP contribution in [0.15, 0.2) is 57.9 Å². The van der Waals surface area contributed by atoms with Crippen LogP contribution in [-0.4, -0.2) is 27.0 Å². The minimum Gasteiger partial charge on any atom is -0.343 e. The highest BCUT2D eigenvalue weighted by Gasteiger charge is 2.28. The van der Waals surface area contributed by atoms with Gasteiger partial charge in [-0.1, -0.05) is 18.2 Å². The third-order valence-electron chi connectivity index (χ3n) is 2.97. The van der Waals surface area contributed by atoms with E-state index in [1.807, 2.05) is 0 Å². The largest absolute Gasteiger partial charge is 0.405 e. The summed E-state index contributed by atoms with van der Waals surface area (Å²) < 4.78 is 64.1. The average molecular weight is 437 g/mol. The van der Waals surface area contributed by atoms with E-state index in [2.05, 4.69) is 20.7 Å². The lowest BCUT2D eigenvalue weighted by molar-refractivity contribution is -0.123. The highest BCUT2D eigenvalue weighted by molar-refractivity contribution is 9.10. The van der Waals surface area contributed by atoms with Crippen LogP contribution in [0.5, 0.6) is 0 Å². The van der Waals surface area contributed by atoms with Gasteiger partial charge in [-0.3, -0.25) is 9.52 Å². The highest BCUT2D eigenvalue weighted by atomic mass is 79.9. The molecule has 2 rings (SSSR count). The van der Waals surface area contributed by atoms with E-state index in [0.717, 1.165) is 6.07 Å². The lowest BCUT2D eigenvalue weighted by Crippen LogP contribution is -2.33. The number of halogens is 4. The van der Waals surface area contributed by atoms with Crippen LogP contribution in [0, 0.1) is 0 Å². The van der Waals surface area contributed by atoms with E-state index in [1.54, 1.807) is 23.5 Å². The van der Waals surface area contributed by atoms with Gasteiger partial charge in [0.2, 0.25) is 0 Å². The van der Waals surface area contributed by atoms with Gasteiger partial charge in [0.25, 0.3) is 15.9 Å². The summed E-state index contributed by atoms with van der Waals surface area (Å²) in [6.07, 6.45) is -4.56. The molecule has 0 radical (unpaired) electrons. The Bertz CT molecular complexity index is 886. The minimum atomic E-state index is -4.56. The Labute approximate surface area is 150 Å². The molecule has 0 atom stereocenters. The molecular weight excluding hydrogens is 425 g/mol. The zero-order valence-corrected chi connectivity index (χ0v) is 14.9. The van der Waals surface area contributed by atoms with E-state index in [-0.39, 0.29) is 16.1 Å². The van der Waals surface area contributed by atoms with Crippen LogP contribution >= 0.6 is 15.9 Å². The van der Waals surface area contributed by atoms with Gasteiger partial charge in [-0.15, -0.1) is 0 Å². The molecule has 5 nitrogen and oxygen atoms in total. The number of rotatable bonds is 5. The fourth-order valence-electron chi connectivity index (χ4n) is 1.83. The normalized spacial score (nSPS) is 11.8. The summed E-state index contributed by atoms with van der Waals surface area (Å²) in [5.74, 6) is -1.02. The number of hydrogen-bond donors (Lipinski definition) is 2. The van der Waals surface area contributed by atoms with Crippen molar-refractivity contribution in [3.05, 3.63) is 58.6 Å². The van der Waals surface area contributed by atoms with Crippen molar-refractivity contribution in [1.82, 2.24) is 5.32 Å². The molecule has 0 unspecified atom stereocenters. The van der Waals surface area contributed by atoms with Crippen LogP contribution < -0.4 is 10.0 Å². The fraction of sp³-hybridized carbons (Fsp3) is 0.133. The summed E-state index contributed by atoms with van der Waals surface area (Å²) in [6, 6.07) is 11.2. The monoisotopic (exact) mass is 436 g/mol. The molecule has 2 N–H and O–H groups in total. The quantitative estimate of drug-likeness (QED) is 0.752. The van der Waals surface area contributed by atoms with E-state index >= 15 is 0 Å². The molecule has 2 aromatic carbocycles. The molecule has 0 aliphatic heterocycles. The maximum atomic E-state index is 12.4. The Balaban J connectivity index is 2.22. The van der Waals surface area contributed by atoms with Crippen molar-refractivity contribution in [2.45, 2.75) is 11.1 Å². The Morgan fingerprint density at radius 2 is 1.76 bits per heavy atom. The summed E-state index contributed by atoms with van der Waals surface area (Å²) in [6.45, 7) is -1.50. The number of para-hydroxylation sites is 1. The van der Waals surface area contributed by atoms with Crippen molar-refractivity contribution in [2.75, 3.05) is 11.3 Å². The summed E-state index contributed by atoms with van der Waals surface area (Å²) in [5.41, 5.74) is 0.0914. The van der Waals surface area contributed by atoms with Crippen molar-refractivity contribution in [2.24, 2.45) is 0 Å². The van der Waals surface area contributed by atoms with Crippen molar-refractivity contribution in [3.8, 4) is 0 Å². The molecule has 0 aliphatic rings. The van der Waals surface area contributed by atoms with Gasteiger partial charge in [0.15, 0.2) is 0 Å². The number of sulfonamides is 1. The van der Waals surface area contributed by atoms with Gasteiger partial charge < -0.3 is 5.32 Å². The third-order valence-corrected chi connectivity index (χ3v) is 5.03. The lowest BCUT2D eigenvalue weighted by atomic mass is 10.2. The van der Waals surface area contributed by atoms with Crippen LogP contribution in [0.25, 0.3) is 0 Å². The molecule has 0 saturated heterocycles. The molecule has 134 valence electrons. The van der Waals surface area contributed by atoms with Crippen LogP contribution in [-0.2, 0) is 10.0 Å². The zero-order chi connectivity index (χ0) is 18.7. The van der Waals surface area contributed by atoms with Crippen molar-refractivity contribution >= 4 is 37.5 Å². The molecule has 0 spiro atoms. The Hall–Kier alpha value is -2.07. The van der Waals surface area contributed by atoms with E-state index in [4.69, 9.17) is 0 Å². The number of amides is 1. The summed E-state index contributed by atoms with van der Waals surface area (Å²) in [7, 11) is -4.02. The molecular formula is C15H12BrF3N2O3S. The predicted octanol–water partition coefficient (Wildman–Crippen LogP) is 3.54. The van der Waals surface area contributed by atoms with Gasteiger partial charge >= 0.3 is 6.18 Å². The van der Waals surface area contributed by atoms with E-state index in [9.17, 15) is 26.4 Å². The van der Waals surface area contributed by atoms with Crippen molar-refractivity contribution in [3.63, 3.8) is 0 Å². The first-order valence-corrected chi connectivity index (χ1v) is 9.08. The van der Waals surface area contributed by atoms with Crippen LogP contribution in [0.3, 0.4) is 0 Å². The topological polar surface area (TPSA) is 75.3 Å². The summed E-state index contributed by atoms with van der Waals surface area (Å²) in [5, 5.41) is 1.69. The molecule has 0 aliphatic carbocycles. The van der Waals surface area contributed by atoms with Gasteiger partial charge in [-0.2, -0.15) is 13.2 Å². The number of carbonyl (C=O) groups is 1. The fourth-order valence-corrected chi connectivity index (χ4v) is 3.48. The molecule has 0 aromatic heterocycles. The number of hydrogen-bond acceptors (Lipinski definition) is 3. The second-order valence-electron chi connectivity index (χ2n) is 4.91.